The highest BCUT2D eigenvalue weighted by molar-refractivity contribution is 5.28. The topological polar surface area (TPSA) is 35.9 Å². The molecule has 0 saturated carbocycles. The highest BCUT2D eigenvalue weighted by Gasteiger charge is 2.28. The molecule has 2 heterocycles. The van der Waals surface area contributed by atoms with Crippen LogP contribution in [0.15, 0.2) is 24.3 Å². The summed E-state index contributed by atoms with van der Waals surface area (Å²) in [4.78, 5) is 5.26. The number of nitrogens with zero attached hydrogens (tertiary/aromatic N) is 2. The first-order chi connectivity index (χ1) is 10.8. The average molecular weight is 304 g/mol. The van der Waals surface area contributed by atoms with Gasteiger partial charge in [0.1, 0.15) is 12.4 Å². The number of hydrogen-bond donors (Lipinski definition) is 1. The van der Waals surface area contributed by atoms with Crippen molar-refractivity contribution in [3.8, 4) is 5.75 Å². The molecule has 22 heavy (non-hydrogen) atoms. The maximum absolute atomic E-state index is 8.84. The Balaban J connectivity index is 1.51. The Morgan fingerprint density at radius 3 is 2.82 bits per heavy atom. The minimum Gasteiger partial charge on any atom is -0.491 e. The first kappa shape index (κ1) is 15.8. The maximum Gasteiger partial charge on any atom is 0.119 e. The number of hydrogen-bond acceptors (Lipinski definition) is 4. The van der Waals surface area contributed by atoms with E-state index < -0.39 is 0 Å². The molecule has 2 aliphatic heterocycles. The largest absolute Gasteiger partial charge is 0.491 e. The van der Waals surface area contributed by atoms with Gasteiger partial charge in [-0.15, -0.1) is 0 Å². The van der Waals surface area contributed by atoms with Crippen LogP contribution in [0.1, 0.15) is 31.2 Å². The van der Waals surface area contributed by atoms with Gasteiger partial charge in [0, 0.05) is 25.7 Å². The van der Waals surface area contributed by atoms with Crippen LogP contribution in [0.5, 0.6) is 5.75 Å². The fourth-order valence-corrected chi connectivity index (χ4v) is 3.69. The van der Waals surface area contributed by atoms with Gasteiger partial charge in [-0.1, -0.05) is 18.6 Å². The molecule has 0 radical (unpaired) electrons. The van der Waals surface area contributed by atoms with E-state index in [1.165, 1.54) is 57.4 Å². The van der Waals surface area contributed by atoms with Crippen molar-refractivity contribution in [2.75, 3.05) is 39.4 Å². The van der Waals surface area contributed by atoms with Gasteiger partial charge in [0.15, 0.2) is 0 Å². The first-order valence-electron chi connectivity index (χ1n) is 8.64. The lowest BCUT2D eigenvalue weighted by Crippen LogP contribution is -2.40. The lowest BCUT2D eigenvalue weighted by Gasteiger charge is -2.32. The summed E-state index contributed by atoms with van der Waals surface area (Å²) in [7, 11) is 0. The minimum atomic E-state index is 0.0634. The van der Waals surface area contributed by atoms with Gasteiger partial charge in [-0.2, -0.15) is 0 Å². The molecule has 0 bridgehead atoms. The normalized spacial score (nSPS) is 23.8. The molecule has 4 nitrogen and oxygen atoms in total. The summed E-state index contributed by atoms with van der Waals surface area (Å²) >= 11 is 0. The van der Waals surface area contributed by atoms with E-state index in [0.717, 1.165) is 18.3 Å². The van der Waals surface area contributed by atoms with Crippen LogP contribution in [-0.4, -0.2) is 60.3 Å². The van der Waals surface area contributed by atoms with Gasteiger partial charge in [0.25, 0.3) is 0 Å². The van der Waals surface area contributed by atoms with E-state index in [1.54, 1.807) is 0 Å². The maximum atomic E-state index is 8.84. The van der Waals surface area contributed by atoms with E-state index in [0.29, 0.717) is 6.61 Å². The van der Waals surface area contributed by atoms with E-state index in [4.69, 9.17) is 9.84 Å². The van der Waals surface area contributed by atoms with E-state index in [2.05, 4.69) is 21.9 Å². The molecule has 1 N–H and O–H groups in total. The highest BCUT2D eigenvalue weighted by atomic mass is 16.5. The molecule has 2 fully saturated rings. The number of rotatable bonds is 6. The van der Waals surface area contributed by atoms with E-state index in [9.17, 15) is 0 Å². The number of ether oxygens (including phenoxy) is 1. The van der Waals surface area contributed by atoms with E-state index in [-0.39, 0.29) is 6.61 Å². The Bertz CT molecular complexity index is 460. The van der Waals surface area contributed by atoms with Crippen molar-refractivity contribution in [3.63, 3.8) is 0 Å². The van der Waals surface area contributed by atoms with E-state index in [1.807, 2.05) is 12.1 Å². The lowest BCUT2D eigenvalue weighted by atomic mass is 10.1. The smallest absolute Gasteiger partial charge is 0.119 e. The molecule has 122 valence electrons. The zero-order chi connectivity index (χ0) is 15.2. The summed E-state index contributed by atoms with van der Waals surface area (Å²) in [5, 5.41) is 8.84. The molecule has 3 rings (SSSR count). The number of aliphatic hydroxyl groups excluding tert-OH is 1. The molecule has 0 amide bonds. The van der Waals surface area contributed by atoms with Crippen LogP contribution in [0.4, 0.5) is 0 Å². The van der Waals surface area contributed by atoms with Crippen molar-refractivity contribution in [3.05, 3.63) is 29.8 Å². The van der Waals surface area contributed by atoms with Crippen LogP contribution in [0.25, 0.3) is 0 Å². The lowest BCUT2D eigenvalue weighted by molar-refractivity contribution is 0.161. The standard InChI is InChI=1S/C18H28N2O2/c21-11-12-22-18-6-4-5-16(13-18)14-19-10-7-17(15-19)20-8-2-1-3-9-20/h4-6,13,17,21H,1-3,7-12,14-15H2. The van der Waals surface area contributed by atoms with Crippen molar-refractivity contribution in [1.29, 1.82) is 0 Å². The van der Waals surface area contributed by atoms with Crippen LogP contribution in [0, 0.1) is 0 Å². The predicted molar refractivity (Wildman–Crippen MR) is 88.1 cm³/mol. The Labute approximate surface area is 133 Å². The van der Waals surface area contributed by atoms with Gasteiger partial charge in [-0.3, -0.25) is 9.80 Å². The van der Waals surface area contributed by atoms with Gasteiger partial charge in [0.2, 0.25) is 0 Å². The van der Waals surface area contributed by atoms with Crippen molar-refractivity contribution < 1.29 is 9.84 Å². The minimum absolute atomic E-state index is 0.0634. The van der Waals surface area contributed by atoms with Crippen LogP contribution >= 0.6 is 0 Å². The summed E-state index contributed by atoms with van der Waals surface area (Å²) in [5.41, 5.74) is 1.30. The zero-order valence-electron chi connectivity index (χ0n) is 13.4. The summed E-state index contributed by atoms with van der Waals surface area (Å²) in [6.45, 7) is 6.41. The summed E-state index contributed by atoms with van der Waals surface area (Å²) in [5.74, 6) is 0.860. The first-order valence-corrected chi connectivity index (χ1v) is 8.64. The Kier molecular flexibility index (Phi) is 5.70. The third-order valence-electron chi connectivity index (χ3n) is 4.82. The molecule has 1 atom stereocenters. The average Bonchev–Trinajstić information content (AvgIpc) is 3.03. The summed E-state index contributed by atoms with van der Waals surface area (Å²) in [6.07, 6.45) is 5.47. The van der Waals surface area contributed by atoms with Gasteiger partial charge >= 0.3 is 0 Å². The summed E-state index contributed by atoms with van der Waals surface area (Å²) in [6, 6.07) is 9.03. The summed E-state index contributed by atoms with van der Waals surface area (Å²) < 4.78 is 5.50. The second-order valence-corrected chi connectivity index (χ2v) is 6.49. The third kappa shape index (κ3) is 4.22. The molecular weight excluding hydrogens is 276 g/mol. The highest BCUT2D eigenvalue weighted by Crippen LogP contribution is 2.22. The second kappa shape index (κ2) is 7.95. The molecule has 0 aromatic heterocycles. The van der Waals surface area contributed by atoms with Crippen molar-refractivity contribution in [1.82, 2.24) is 9.80 Å². The monoisotopic (exact) mass is 304 g/mol. The van der Waals surface area contributed by atoms with E-state index >= 15 is 0 Å². The number of aliphatic hydroxyl groups is 1. The number of piperidine rings is 1. The molecule has 1 unspecified atom stereocenters. The molecule has 4 heteroatoms. The third-order valence-corrected chi connectivity index (χ3v) is 4.82. The fraction of sp³-hybridized carbons (Fsp3) is 0.667. The Morgan fingerprint density at radius 1 is 1.14 bits per heavy atom. The van der Waals surface area contributed by atoms with Crippen LogP contribution < -0.4 is 4.74 Å². The zero-order valence-corrected chi connectivity index (χ0v) is 13.4. The van der Waals surface area contributed by atoms with Crippen LogP contribution in [-0.2, 0) is 6.54 Å². The molecular formula is C18H28N2O2. The quantitative estimate of drug-likeness (QED) is 0.873. The van der Waals surface area contributed by atoms with Gasteiger partial charge in [-0.25, -0.2) is 0 Å². The number of benzene rings is 1. The van der Waals surface area contributed by atoms with Crippen molar-refractivity contribution >= 4 is 0 Å². The number of likely N-dealkylation sites (tertiary alicyclic amines) is 2. The molecule has 0 spiro atoms. The van der Waals surface area contributed by atoms with Gasteiger partial charge in [0.05, 0.1) is 6.61 Å². The van der Waals surface area contributed by atoms with Crippen LogP contribution in [0.3, 0.4) is 0 Å². The van der Waals surface area contributed by atoms with Crippen molar-refractivity contribution in [2.45, 2.75) is 38.3 Å². The second-order valence-electron chi connectivity index (χ2n) is 6.49. The SMILES string of the molecule is OCCOc1cccc(CN2CCC(N3CCCCC3)C2)c1. The molecule has 2 aliphatic rings. The molecule has 1 aromatic rings. The molecule has 0 aliphatic carbocycles. The van der Waals surface area contributed by atoms with Crippen molar-refractivity contribution in [2.24, 2.45) is 0 Å². The van der Waals surface area contributed by atoms with Gasteiger partial charge in [-0.05, 0) is 50.0 Å². The molecule has 1 aromatic carbocycles. The Hall–Kier alpha value is -1.10. The predicted octanol–water partition coefficient (Wildman–Crippen LogP) is 2.12. The van der Waals surface area contributed by atoms with Gasteiger partial charge < -0.3 is 9.84 Å². The fourth-order valence-electron chi connectivity index (χ4n) is 3.69. The Morgan fingerprint density at radius 2 is 2.00 bits per heavy atom. The van der Waals surface area contributed by atoms with Crippen LogP contribution in [0.2, 0.25) is 0 Å². The molecule has 2 saturated heterocycles.